The van der Waals surface area contributed by atoms with Gasteiger partial charge in [-0.2, -0.15) is 0 Å². The van der Waals surface area contributed by atoms with Gasteiger partial charge >= 0.3 is 5.97 Å². The summed E-state index contributed by atoms with van der Waals surface area (Å²) >= 11 is 0. The zero-order valence-corrected chi connectivity index (χ0v) is 8.31. The highest BCUT2D eigenvalue weighted by molar-refractivity contribution is 5.83. The molecule has 15 heavy (non-hydrogen) atoms. The molecular weight excluding hydrogens is 202 g/mol. The van der Waals surface area contributed by atoms with E-state index in [1.807, 2.05) is 0 Å². The summed E-state index contributed by atoms with van der Waals surface area (Å²) < 4.78 is 5.23. The van der Waals surface area contributed by atoms with Crippen LogP contribution >= 0.6 is 0 Å². The van der Waals surface area contributed by atoms with Crippen molar-refractivity contribution >= 4 is 11.9 Å². The van der Waals surface area contributed by atoms with Crippen molar-refractivity contribution < 1.29 is 24.5 Å². The van der Waals surface area contributed by atoms with E-state index in [2.05, 4.69) is 5.32 Å². The molecule has 0 bridgehead atoms. The average molecular weight is 217 g/mol. The Morgan fingerprint density at radius 2 is 2.27 bits per heavy atom. The zero-order valence-electron chi connectivity index (χ0n) is 8.31. The Balaban J connectivity index is 2.30. The first-order valence-corrected chi connectivity index (χ1v) is 4.88. The summed E-state index contributed by atoms with van der Waals surface area (Å²) in [6.45, 7) is 0.0485. The molecule has 0 aromatic rings. The van der Waals surface area contributed by atoms with E-state index in [1.54, 1.807) is 0 Å². The third-order valence-corrected chi connectivity index (χ3v) is 2.25. The Labute approximate surface area is 87.2 Å². The lowest BCUT2D eigenvalue weighted by atomic mass is 10.1. The molecule has 1 rings (SSSR count). The minimum absolute atomic E-state index is 0.113. The molecule has 1 unspecified atom stereocenters. The van der Waals surface area contributed by atoms with Gasteiger partial charge in [-0.25, -0.2) is 4.79 Å². The van der Waals surface area contributed by atoms with Gasteiger partial charge in [-0.05, 0) is 12.8 Å². The fourth-order valence-corrected chi connectivity index (χ4v) is 1.45. The van der Waals surface area contributed by atoms with Gasteiger partial charge in [-0.1, -0.05) is 0 Å². The molecule has 6 heteroatoms. The van der Waals surface area contributed by atoms with Gasteiger partial charge in [0.25, 0.3) is 0 Å². The molecular formula is C9H15NO5. The number of carbonyl (C=O) groups is 2. The van der Waals surface area contributed by atoms with Crippen molar-refractivity contribution in [2.24, 2.45) is 0 Å². The Kier molecular flexibility index (Phi) is 4.51. The summed E-state index contributed by atoms with van der Waals surface area (Å²) in [5, 5.41) is 19.5. The van der Waals surface area contributed by atoms with Gasteiger partial charge in [-0.3, -0.25) is 4.79 Å². The van der Waals surface area contributed by atoms with Gasteiger partial charge in [0.15, 0.2) is 0 Å². The van der Waals surface area contributed by atoms with E-state index in [0.29, 0.717) is 6.61 Å². The predicted molar refractivity (Wildman–Crippen MR) is 50.2 cm³/mol. The summed E-state index contributed by atoms with van der Waals surface area (Å²) in [4.78, 5) is 21.8. The van der Waals surface area contributed by atoms with Crippen LogP contribution in [0.15, 0.2) is 0 Å². The number of aliphatic carboxylic acids is 1. The van der Waals surface area contributed by atoms with Gasteiger partial charge in [0.1, 0.15) is 6.04 Å². The molecule has 0 spiro atoms. The number of amides is 1. The van der Waals surface area contributed by atoms with Crippen LogP contribution in [0.4, 0.5) is 0 Å². The number of aliphatic hydroxyl groups excluding tert-OH is 1. The second-order valence-electron chi connectivity index (χ2n) is 3.48. The number of carboxylic acids is 1. The number of nitrogens with one attached hydrogen (secondary N) is 1. The van der Waals surface area contributed by atoms with E-state index in [9.17, 15) is 9.59 Å². The molecule has 0 aromatic heterocycles. The monoisotopic (exact) mass is 217 g/mol. The highest BCUT2D eigenvalue weighted by atomic mass is 16.5. The maximum absolute atomic E-state index is 11.3. The summed E-state index contributed by atoms with van der Waals surface area (Å²) in [5.74, 6) is -1.64. The average Bonchev–Trinajstić information content (AvgIpc) is 2.66. The van der Waals surface area contributed by atoms with Crippen molar-refractivity contribution in [2.75, 3.05) is 13.2 Å². The third-order valence-electron chi connectivity index (χ3n) is 2.25. The largest absolute Gasteiger partial charge is 0.480 e. The number of rotatable bonds is 5. The maximum Gasteiger partial charge on any atom is 0.328 e. The molecule has 1 heterocycles. The molecule has 1 aliphatic heterocycles. The van der Waals surface area contributed by atoms with E-state index in [1.165, 1.54) is 0 Å². The SMILES string of the molecule is O=C(CC1CCCO1)N[C@@H](CO)C(=O)O. The summed E-state index contributed by atoms with van der Waals surface area (Å²) in [6.07, 6.45) is 1.80. The third kappa shape index (κ3) is 3.85. The van der Waals surface area contributed by atoms with Crippen molar-refractivity contribution in [2.45, 2.75) is 31.4 Å². The molecule has 1 amide bonds. The van der Waals surface area contributed by atoms with Crippen LogP contribution in [-0.4, -0.2) is 47.4 Å². The number of hydrogen-bond donors (Lipinski definition) is 3. The van der Waals surface area contributed by atoms with E-state index >= 15 is 0 Å². The highest BCUT2D eigenvalue weighted by Gasteiger charge is 2.23. The number of ether oxygens (including phenoxy) is 1. The Morgan fingerprint density at radius 1 is 1.53 bits per heavy atom. The van der Waals surface area contributed by atoms with Crippen molar-refractivity contribution in [3.63, 3.8) is 0 Å². The molecule has 6 nitrogen and oxygen atoms in total. The maximum atomic E-state index is 11.3. The second-order valence-corrected chi connectivity index (χ2v) is 3.48. The van der Waals surface area contributed by atoms with Gasteiger partial charge in [0.05, 0.1) is 19.1 Å². The van der Waals surface area contributed by atoms with Crippen molar-refractivity contribution in [1.29, 1.82) is 0 Å². The minimum Gasteiger partial charge on any atom is -0.480 e. The fraction of sp³-hybridized carbons (Fsp3) is 0.778. The lowest BCUT2D eigenvalue weighted by molar-refractivity contribution is -0.143. The predicted octanol–water partition coefficient (Wildman–Crippen LogP) is -0.883. The quantitative estimate of drug-likeness (QED) is 0.555. The molecule has 2 atom stereocenters. The van der Waals surface area contributed by atoms with E-state index < -0.39 is 24.5 Å². The molecule has 0 aliphatic carbocycles. The first-order valence-electron chi connectivity index (χ1n) is 4.88. The molecule has 0 saturated carbocycles. The Hall–Kier alpha value is -1.14. The molecule has 86 valence electrons. The minimum atomic E-state index is -1.24. The second kappa shape index (κ2) is 5.67. The van der Waals surface area contributed by atoms with Crippen molar-refractivity contribution in [1.82, 2.24) is 5.32 Å². The number of carbonyl (C=O) groups excluding carboxylic acids is 1. The fourth-order valence-electron chi connectivity index (χ4n) is 1.45. The standard InChI is InChI=1S/C9H15NO5/c11-5-7(9(13)14)10-8(12)4-6-2-1-3-15-6/h6-7,11H,1-5H2,(H,10,12)(H,13,14)/t6?,7-/m0/s1. The first-order chi connectivity index (χ1) is 7.13. The van der Waals surface area contributed by atoms with Crippen LogP contribution in [0.3, 0.4) is 0 Å². The van der Waals surface area contributed by atoms with Crippen LogP contribution in [0.25, 0.3) is 0 Å². The van der Waals surface area contributed by atoms with E-state index in [-0.39, 0.29) is 12.5 Å². The Bertz CT molecular complexity index is 237. The molecule has 0 radical (unpaired) electrons. The smallest absolute Gasteiger partial charge is 0.328 e. The van der Waals surface area contributed by atoms with Crippen molar-refractivity contribution in [3.8, 4) is 0 Å². The van der Waals surface area contributed by atoms with Crippen LogP contribution in [0.5, 0.6) is 0 Å². The van der Waals surface area contributed by atoms with Crippen LogP contribution in [-0.2, 0) is 14.3 Å². The molecule has 0 aromatic carbocycles. The summed E-state index contributed by atoms with van der Waals surface area (Å²) in [5.41, 5.74) is 0. The molecule has 3 N–H and O–H groups in total. The van der Waals surface area contributed by atoms with Gasteiger partial charge < -0.3 is 20.3 Å². The van der Waals surface area contributed by atoms with Crippen LogP contribution in [0, 0.1) is 0 Å². The summed E-state index contributed by atoms with van der Waals surface area (Å²) in [7, 11) is 0. The number of aliphatic hydroxyl groups is 1. The first kappa shape index (κ1) is 11.9. The van der Waals surface area contributed by atoms with Gasteiger partial charge in [0, 0.05) is 6.61 Å². The van der Waals surface area contributed by atoms with E-state index in [4.69, 9.17) is 14.9 Å². The molecule has 1 fully saturated rings. The molecule has 1 aliphatic rings. The lowest BCUT2D eigenvalue weighted by Crippen LogP contribution is -2.44. The summed E-state index contributed by atoms with van der Waals surface area (Å²) in [6, 6.07) is -1.22. The zero-order chi connectivity index (χ0) is 11.3. The number of carboxylic acid groups (broad SMARTS) is 1. The van der Waals surface area contributed by atoms with E-state index in [0.717, 1.165) is 12.8 Å². The highest BCUT2D eigenvalue weighted by Crippen LogP contribution is 2.14. The normalized spacial score (nSPS) is 22.3. The number of hydrogen-bond acceptors (Lipinski definition) is 4. The van der Waals surface area contributed by atoms with Crippen molar-refractivity contribution in [3.05, 3.63) is 0 Å². The van der Waals surface area contributed by atoms with Gasteiger partial charge in [0.2, 0.25) is 5.91 Å². The lowest BCUT2D eigenvalue weighted by Gasteiger charge is -2.13. The Morgan fingerprint density at radius 3 is 2.73 bits per heavy atom. The van der Waals surface area contributed by atoms with Crippen LogP contribution < -0.4 is 5.32 Å². The topological polar surface area (TPSA) is 95.9 Å². The van der Waals surface area contributed by atoms with Crippen LogP contribution in [0.1, 0.15) is 19.3 Å². The molecule has 1 saturated heterocycles. The van der Waals surface area contributed by atoms with Crippen LogP contribution in [0.2, 0.25) is 0 Å². The van der Waals surface area contributed by atoms with Gasteiger partial charge in [-0.15, -0.1) is 0 Å².